The van der Waals surface area contributed by atoms with Crippen molar-refractivity contribution < 1.29 is 19.7 Å². The van der Waals surface area contributed by atoms with E-state index in [2.05, 4.69) is 15.9 Å². The first-order chi connectivity index (χ1) is 7.04. The number of hydrogen-bond donors (Lipinski definition) is 2. The molecule has 0 spiro atoms. The smallest absolute Gasteiger partial charge is 0.328 e. The van der Waals surface area contributed by atoms with Crippen LogP contribution < -0.4 is 4.74 Å². The van der Waals surface area contributed by atoms with E-state index in [1.807, 2.05) is 0 Å². The van der Waals surface area contributed by atoms with Gasteiger partial charge in [-0.2, -0.15) is 0 Å². The van der Waals surface area contributed by atoms with Gasteiger partial charge in [-0.3, -0.25) is 0 Å². The van der Waals surface area contributed by atoms with Gasteiger partial charge in [0.25, 0.3) is 0 Å². The lowest BCUT2D eigenvalue weighted by Crippen LogP contribution is -1.88. The Morgan fingerprint density at radius 3 is 2.73 bits per heavy atom. The summed E-state index contributed by atoms with van der Waals surface area (Å²) < 4.78 is 5.53. The SMILES string of the molecule is COc1cc(Br)c(/C=C/C(=O)O)cc1O. The number of benzene rings is 1. The number of phenols is 1. The Labute approximate surface area is 94.9 Å². The summed E-state index contributed by atoms with van der Waals surface area (Å²) in [6, 6.07) is 2.99. The highest BCUT2D eigenvalue weighted by molar-refractivity contribution is 9.10. The Balaban J connectivity index is 3.10. The second-order valence-corrected chi connectivity index (χ2v) is 3.57. The average Bonchev–Trinajstić information content (AvgIpc) is 2.18. The van der Waals surface area contributed by atoms with E-state index in [-0.39, 0.29) is 5.75 Å². The maximum Gasteiger partial charge on any atom is 0.328 e. The van der Waals surface area contributed by atoms with Crippen LogP contribution in [0.5, 0.6) is 11.5 Å². The van der Waals surface area contributed by atoms with Crippen LogP contribution in [0, 0.1) is 0 Å². The molecule has 0 heterocycles. The van der Waals surface area contributed by atoms with Gasteiger partial charge in [0.2, 0.25) is 0 Å². The lowest BCUT2D eigenvalue weighted by Gasteiger charge is -2.05. The Morgan fingerprint density at radius 2 is 2.20 bits per heavy atom. The molecule has 1 aromatic rings. The lowest BCUT2D eigenvalue weighted by molar-refractivity contribution is -0.131. The molecule has 0 unspecified atom stereocenters. The summed E-state index contributed by atoms with van der Waals surface area (Å²) in [6.45, 7) is 0. The normalized spacial score (nSPS) is 10.5. The van der Waals surface area contributed by atoms with E-state index in [1.54, 1.807) is 6.07 Å². The third-order valence-electron chi connectivity index (χ3n) is 1.70. The fourth-order valence-electron chi connectivity index (χ4n) is 1.01. The topological polar surface area (TPSA) is 66.8 Å². The molecule has 0 amide bonds. The van der Waals surface area contributed by atoms with Crippen LogP contribution in [0.4, 0.5) is 0 Å². The van der Waals surface area contributed by atoms with E-state index < -0.39 is 5.97 Å². The summed E-state index contributed by atoms with van der Waals surface area (Å²) >= 11 is 3.24. The Bertz CT molecular complexity index is 412. The van der Waals surface area contributed by atoms with Crippen molar-refractivity contribution >= 4 is 28.0 Å². The maximum absolute atomic E-state index is 10.3. The standard InChI is InChI=1S/C10H9BrO4/c1-15-9-5-7(11)6(4-8(9)12)2-3-10(13)14/h2-5,12H,1H3,(H,13,14)/b3-2+. The van der Waals surface area contributed by atoms with Gasteiger partial charge in [0.15, 0.2) is 11.5 Å². The predicted molar refractivity (Wildman–Crippen MR) is 59.0 cm³/mol. The van der Waals surface area contributed by atoms with Crippen LogP contribution in [-0.4, -0.2) is 23.3 Å². The van der Waals surface area contributed by atoms with Gasteiger partial charge >= 0.3 is 5.97 Å². The van der Waals surface area contributed by atoms with Gasteiger partial charge in [-0.1, -0.05) is 15.9 Å². The molecule has 0 aliphatic heterocycles. The number of rotatable bonds is 3. The highest BCUT2D eigenvalue weighted by Gasteiger charge is 2.05. The van der Waals surface area contributed by atoms with Crippen molar-refractivity contribution in [3.63, 3.8) is 0 Å². The van der Waals surface area contributed by atoms with E-state index in [0.717, 1.165) is 6.08 Å². The van der Waals surface area contributed by atoms with Crippen LogP contribution in [0.15, 0.2) is 22.7 Å². The van der Waals surface area contributed by atoms with Crippen molar-refractivity contribution in [2.45, 2.75) is 0 Å². The zero-order valence-corrected chi connectivity index (χ0v) is 9.48. The van der Waals surface area contributed by atoms with Crippen LogP contribution in [0.1, 0.15) is 5.56 Å². The van der Waals surface area contributed by atoms with Crippen molar-refractivity contribution in [1.82, 2.24) is 0 Å². The number of carboxylic acids is 1. The molecule has 0 fully saturated rings. The van der Waals surface area contributed by atoms with Crippen molar-refractivity contribution in [2.75, 3.05) is 7.11 Å². The van der Waals surface area contributed by atoms with Crippen LogP contribution in [0.2, 0.25) is 0 Å². The molecule has 0 atom stereocenters. The molecule has 80 valence electrons. The second kappa shape index (κ2) is 4.84. The van der Waals surface area contributed by atoms with Crippen LogP contribution in [-0.2, 0) is 4.79 Å². The van der Waals surface area contributed by atoms with E-state index >= 15 is 0 Å². The summed E-state index contributed by atoms with van der Waals surface area (Å²) in [7, 11) is 1.44. The number of carboxylic acid groups (broad SMARTS) is 1. The number of phenolic OH excluding ortho intramolecular Hbond substituents is 1. The van der Waals surface area contributed by atoms with E-state index in [0.29, 0.717) is 15.8 Å². The molecular weight excluding hydrogens is 264 g/mol. The summed E-state index contributed by atoms with van der Waals surface area (Å²) in [6.07, 6.45) is 2.37. The van der Waals surface area contributed by atoms with Gasteiger partial charge in [-0.15, -0.1) is 0 Å². The van der Waals surface area contributed by atoms with E-state index in [4.69, 9.17) is 9.84 Å². The van der Waals surface area contributed by atoms with Crippen LogP contribution >= 0.6 is 15.9 Å². The lowest BCUT2D eigenvalue weighted by atomic mass is 10.2. The molecule has 0 aromatic heterocycles. The molecule has 1 rings (SSSR count). The molecule has 0 radical (unpaired) electrons. The van der Waals surface area contributed by atoms with Crippen molar-refractivity contribution in [1.29, 1.82) is 0 Å². The number of methoxy groups -OCH3 is 1. The predicted octanol–water partition coefficient (Wildman–Crippen LogP) is 2.26. The zero-order valence-electron chi connectivity index (χ0n) is 7.90. The van der Waals surface area contributed by atoms with Crippen molar-refractivity contribution in [3.05, 3.63) is 28.2 Å². The van der Waals surface area contributed by atoms with Crippen molar-refractivity contribution in [3.8, 4) is 11.5 Å². The minimum Gasteiger partial charge on any atom is -0.504 e. The molecular formula is C10H9BrO4. The van der Waals surface area contributed by atoms with Crippen LogP contribution in [0.3, 0.4) is 0 Å². The molecule has 0 aliphatic carbocycles. The number of halogens is 1. The van der Waals surface area contributed by atoms with Gasteiger partial charge < -0.3 is 14.9 Å². The minimum atomic E-state index is -1.04. The first-order valence-corrected chi connectivity index (χ1v) is 4.81. The average molecular weight is 273 g/mol. The molecule has 5 heteroatoms. The molecule has 0 saturated carbocycles. The Morgan fingerprint density at radius 1 is 1.53 bits per heavy atom. The highest BCUT2D eigenvalue weighted by Crippen LogP contribution is 2.32. The molecule has 1 aromatic carbocycles. The Kier molecular flexibility index (Phi) is 3.74. The van der Waals surface area contributed by atoms with Crippen molar-refractivity contribution in [2.24, 2.45) is 0 Å². The van der Waals surface area contributed by atoms with Gasteiger partial charge in [0.05, 0.1) is 7.11 Å². The summed E-state index contributed by atoms with van der Waals surface area (Å²) in [5.74, 6) is -0.753. The van der Waals surface area contributed by atoms with Gasteiger partial charge in [-0.25, -0.2) is 4.79 Å². The van der Waals surface area contributed by atoms with E-state index in [1.165, 1.54) is 19.3 Å². The molecule has 0 bridgehead atoms. The monoisotopic (exact) mass is 272 g/mol. The quantitative estimate of drug-likeness (QED) is 0.829. The second-order valence-electron chi connectivity index (χ2n) is 2.72. The van der Waals surface area contributed by atoms with Gasteiger partial charge in [0.1, 0.15) is 0 Å². The zero-order chi connectivity index (χ0) is 11.4. The summed E-state index contributed by atoms with van der Waals surface area (Å²) in [5.41, 5.74) is 0.565. The third-order valence-corrected chi connectivity index (χ3v) is 2.39. The number of ether oxygens (including phenoxy) is 1. The minimum absolute atomic E-state index is 0.0364. The third kappa shape index (κ3) is 2.99. The van der Waals surface area contributed by atoms with Crippen LogP contribution in [0.25, 0.3) is 6.08 Å². The highest BCUT2D eigenvalue weighted by atomic mass is 79.9. The maximum atomic E-state index is 10.3. The van der Waals surface area contributed by atoms with Gasteiger partial charge in [0, 0.05) is 10.5 Å². The van der Waals surface area contributed by atoms with E-state index in [9.17, 15) is 9.90 Å². The first-order valence-electron chi connectivity index (χ1n) is 4.02. The summed E-state index contributed by atoms with van der Waals surface area (Å²) in [5, 5.41) is 17.9. The largest absolute Gasteiger partial charge is 0.504 e. The molecule has 0 aliphatic rings. The summed E-state index contributed by atoms with van der Waals surface area (Å²) in [4.78, 5) is 10.3. The fourth-order valence-corrected chi connectivity index (χ4v) is 1.47. The molecule has 0 saturated heterocycles. The first kappa shape index (κ1) is 11.6. The number of hydrogen-bond acceptors (Lipinski definition) is 3. The molecule has 4 nitrogen and oxygen atoms in total. The molecule has 2 N–H and O–H groups in total. The fraction of sp³-hybridized carbons (Fsp3) is 0.100. The number of aliphatic carboxylic acids is 1. The van der Waals surface area contributed by atoms with Gasteiger partial charge in [-0.05, 0) is 23.8 Å². The molecule has 15 heavy (non-hydrogen) atoms. The Hall–Kier alpha value is -1.49. The number of carbonyl (C=O) groups is 1. The number of aromatic hydroxyl groups is 1.